The number of hydrogen-bond acceptors (Lipinski definition) is 5. The number of carbonyl (C=O) groups excluding carboxylic acids is 1. The van der Waals surface area contributed by atoms with Gasteiger partial charge in [-0.25, -0.2) is 9.36 Å². The van der Waals surface area contributed by atoms with E-state index in [1.807, 2.05) is 11.4 Å². The molecule has 0 radical (unpaired) electrons. The molecule has 7 nitrogen and oxygen atoms in total. The smallest absolute Gasteiger partial charge is 0.337 e. The normalized spacial score (nSPS) is 11.3. The molecular formula is C23H23N3O4S. The highest BCUT2D eigenvalue weighted by molar-refractivity contribution is 7.17. The van der Waals surface area contributed by atoms with Crippen molar-refractivity contribution in [3.8, 4) is 5.69 Å². The highest BCUT2D eigenvalue weighted by Gasteiger charge is 2.21. The van der Waals surface area contributed by atoms with Crippen molar-refractivity contribution in [2.24, 2.45) is 5.92 Å². The van der Waals surface area contributed by atoms with E-state index >= 15 is 0 Å². The van der Waals surface area contributed by atoms with E-state index in [4.69, 9.17) is 4.42 Å². The van der Waals surface area contributed by atoms with Gasteiger partial charge in [0.2, 0.25) is 5.91 Å². The molecule has 0 saturated heterocycles. The second-order valence-corrected chi connectivity index (χ2v) is 8.60. The zero-order valence-electron chi connectivity index (χ0n) is 17.3. The van der Waals surface area contributed by atoms with E-state index in [1.165, 1.54) is 22.2 Å². The zero-order chi connectivity index (χ0) is 22.0. The quantitative estimate of drug-likeness (QED) is 0.481. The number of hydrogen-bond donors (Lipinski definition) is 1. The lowest BCUT2D eigenvalue weighted by molar-refractivity contribution is -0.121. The molecule has 0 fully saturated rings. The van der Waals surface area contributed by atoms with Crippen molar-refractivity contribution in [3.05, 3.63) is 86.3 Å². The highest BCUT2D eigenvalue weighted by Crippen LogP contribution is 2.25. The number of benzene rings is 1. The van der Waals surface area contributed by atoms with Crippen molar-refractivity contribution in [1.82, 2.24) is 14.5 Å². The van der Waals surface area contributed by atoms with Crippen LogP contribution in [0.4, 0.5) is 0 Å². The second kappa shape index (κ2) is 8.77. The standard InChI is InChI=1S/C23H23N3O4S/c1-15(2)11-16-14-31-22-20(16)21(28)26(17-7-4-3-5-8-17)23(29)25(22)13-19(27)24-12-18-9-6-10-30-18/h3-10,14-15H,11-13H2,1-2H3,(H,24,27). The number of fused-ring (bicyclic) bond motifs is 1. The Bertz CT molecular complexity index is 1310. The Kier molecular flexibility index (Phi) is 5.90. The Hall–Kier alpha value is -3.39. The Morgan fingerprint density at radius 1 is 1.13 bits per heavy atom. The maximum Gasteiger partial charge on any atom is 0.337 e. The molecule has 0 bridgehead atoms. The monoisotopic (exact) mass is 437 g/mol. The third kappa shape index (κ3) is 4.25. The molecule has 1 N–H and O–H groups in total. The number of amides is 1. The van der Waals surface area contributed by atoms with Gasteiger partial charge in [-0.1, -0.05) is 32.0 Å². The van der Waals surface area contributed by atoms with Crippen molar-refractivity contribution in [2.75, 3.05) is 0 Å². The number of aromatic nitrogens is 2. The Balaban J connectivity index is 1.81. The second-order valence-electron chi connectivity index (χ2n) is 7.74. The summed E-state index contributed by atoms with van der Waals surface area (Å²) in [5.41, 5.74) is 0.491. The van der Waals surface area contributed by atoms with Crippen LogP contribution in [-0.4, -0.2) is 15.0 Å². The molecule has 1 aromatic carbocycles. The predicted octanol–water partition coefficient (Wildman–Crippen LogP) is 3.32. The van der Waals surface area contributed by atoms with Crippen molar-refractivity contribution in [2.45, 2.75) is 33.4 Å². The first-order valence-electron chi connectivity index (χ1n) is 10.1. The molecule has 3 heterocycles. The summed E-state index contributed by atoms with van der Waals surface area (Å²) in [6.45, 7) is 4.20. The lowest BCUT2D eigenvalue weighted by atomic mass is 10.0. The van der Waals surface area contributed by atoms with Crippen molar-refractivity contribution in [1.29, 1.82) is 0 Å². The molecule has 0 saturated carbocycles. The van der Waals surface area contributed by atoms with Gasteiger partial charge in [0, 0.05) is 0 Å². The van der Waals surface area contributed by atoms with Gasteiger partial charge in [0.25, 0.3) is 5.56 Å². The third-order valence-electron chi connectivity index (χ3n) is 4.92. The van der Waals surface area contributed by atoms with Crippen LogP contribution in [-0.2, 0) is 24.3 Å². The Morgan fingerprint density at radius 2 is 1.90 bits per heavy atom. The van der Waals surface area contributed by atoms with Crippen LogP contribution in [0.2, 0.25) is 0 Å². The van der Waals surface area contributed by atoms with E-state index in [0.29, 0.717) is 34.0 Å². The maximum absolute atomic E-state index is 13.4. The molecular weight excluding hydrogens is 414 g/mol. The largest absolute Gasteiger partial charge is 0.467 e. The van der Waals surface area contributed by atoms with E-state index < -0.39 is 5.69 Å². The van der Waals surface area contributed by atoms with Crippen molar-refractivity contribution < 1.29 is 9.21 Å². The molecule has 0 aliphatic rings. The molecule has 0 spiro atoms. The number of carbonyl (C=O) groups is 1. The number of thiophene rings is 1. The fourth-order valence-corrected chi connectivity index (χ4v) is 4.62. The molecule has 1 amide bonds. The number of nitrogens with zero attached hydrogens (tertiary/aromatic N) is 2. The van der Waals surface area contributed by atoms with Gasteiger partial charge in [0.05, 0.1) is 23.9 Å². The Morgan fingerprint density at radius 3 is 2.58 bits per heavy atom. The predicted molar refractivity (Wildman–Crippen MR) is 121 cm³/mol. The van der Waals surface area contributed by atoms with Crippen LogP contribution >= 0.6 is 11.3 Å². The summed E-state index contributed by atoms with van der Waals surface area (Å²) in [6, 6.07) is 12.3. The average Bonchev–Trinajstić information content (AvgIpc) is 3.40. The summed E-state index contributed by atoms with van der Waals surface area (Å²) in [7, 11) is 0. The molecule has 0 aliphatic heterocycles. The van der Waals surface area contributed by atoms with Gasteiger partial charge >= 0.3 is 5.69 Å². The maximum atomic E-state index is 13.4. The van der Waals surface area contributed by atoms with Gasteiger partial charge in [0.1, 0.15) is 17.1 Å². The first-order valence-corrected chi connectivity index (χ1v) is 10.9. The van der Waals surface area contributed by atoms with Gasteiger partial charge in [-0.15, -0.1) is 11.3 Å². The van der Waals surface area contributed by atoms with Gasteiger partial charge in [-0.05, 0) is 47.5 Å². The molecule has 8 heteroatoms. The summed E-state index contributed by atoms with van der Waals surface area (Å²) in [4.78, 5) is 39.9. The van der Waals surface area contributed by atoms with Crippen LogP contribution in [0.25, 0.3) is 15.9 Å². The topological polar surface area (TPSA) is 86.2 Å². The minimum absolute atomic E-state index is 0.190. The summed E-state index contributed by atoms with van der Waals surface area (Å²) in [5.74, 6) is 0.631. The van der Waals surface area contributed by atoms with Crippen LogP contribution in [0.1, 0.15) is 25.2 Å². The summed E-state index contributed by atoms with van der Waals surface area (Å²) in [6.07, 6.45) is 2.25. The Labute approximate surface area is 182 Å². The third-order valence-corrected chi connectivity index (χ3v) is 5.97. The molecule has 160 valence electrons. The minimum Gasteiger partial charge on any atom is -0.467 e. The van der Waals surface area contributed by atoms with Crippen LogP contribution < -0.4 is 16.6 Å². The first kappa shape index (κ1) is 20.9. The van der Waals surface area contributed by atoms with E-state index in [0.717, 1.165) is 10.1 Å². The number of para-hydroxylation sites is 1. The van der Waals surface area contributed by atoms with Crippen LogP contribution in [0.15, 0.2) is 68.1 Å². The highest BCUT2D eigenvalue weighted by atomic mass is 32.1. The average molecular weight is 438 g/mol. The lowest BCUT2D eigenvalue weighted by Gasteiger charge is -2.13. The van der Waals surface area contributed by atoms with Crippen LogP contribution in [0.5, 0.6) is 0 Å². The van der Waals surface area contributed by atoms with Gasteiger partial charge in [-0.2, -0.15) is 0 Å². The molecule has 0 unspecified atom stereocenters. The van der Waals surface area contributed by atoms with Gasteiger partial charge < -0.3 is 9.73 Å². The fourth-order valence-electron chi connectivity index (χ4n) is 3.55. The van der Waals surface area contributed by atoms with E-state index in [-0.39, 0.29) is 24.6 Å². The van der Waals surface area contributed by atoms with E-state index in [1.54, 1.807) is 36.4 Å². The number of furan rings is 1. The summed E-state index contributed by atoms with van der Waals surface area (Å²) >= 11 is 1.32. The number of nitrogens with one attached hydrogen (secondary N) is 1. The molecule has 3 aromatic heterocycles. The minimum atomic E-state index is -0.533. The fraction of sp³-hybridized carbons (Fsp3) is 0.261. The first-order chi connectivity index (χ1) is 15.0. The molecule has 0 atom stereocenters. The summed E-state index contributed by atoms with van der Waals surface area (Å²) < 4.78 is 7.77. The SMILES string of the molecule is CC(C)Cc1csc2c1c(=O)n(-c1ccccc1)c(=O)n2CC(=O)NCc1ccco1. The molecule has 4 rings (SSSR count). The van der Waals surface area contributed by atoms with Crippen molar-refractivity contribution in [3.63, 3.8) is 0 Å². The van der Waals surface area contributed by atoms with E-state index in [9.17, 15) is 14.4 Å². The van der Waals surface area contributed by atoms with Crippen LogP contribution in [0.3, 0.4) is 0 Å². The molecule has 4 aromatic rings. The van der Waals surface area contributed by atoms with Gasteiger partial charge in [0.15, 0.2) is 0 Å². The van der Waals surface area contributed by atoms with Gasteiger partial charge in [-0.3, -0.25) is 14.2 Å². The molecule has 0 aliphatic carbocycles. The molecule has 31 heavy (non-hydrogen) atoms. The van der Waals surface area contributed by atoms with Crippen LogP contribution in [0, 0.1) is 5.92 Å². The zero-order valence-corrected chi connectivity index (χ0v) is 18.1. The number of rotatable bonds is 7. The summed E-state index contributed by atoms with van der Waals surface area (Å²) in [5, 5.41) is 5.18. The lowest BCUT2D eigenvalue weighted by Crippen LogP contribution is -2.41. The van der Waals surface area contributed by atoms with E-state index in [2.05, 4.69) is 19.2 Å². The van der Waals surface area contributed by atoms with Crippen molar-refractivity contribution >= 4 is 27.5 Å².